The zero-order valence-corrected chi connectivity index (χ0v) is 19.8. The Morgan fingerprint density at radius 1 is 1.14 bits per heavy atom. The van der Waals surface area contributed by atoms with Crippen molar-refractivity contribution in [1.29, 1.82) is 5.26 Å². The quantitative estimate of drug-likeness (QED) is 0.472. The third kappa shape index (κ3) is 5.83. The van der Waals surface area contributed by atoms with E-state index in [1.54, 1.807) is 35.4 Å². The summed E-state index contributed by atoms with van der Waals surface area (Å²) in [6, 6.07) is 8.26. The first-order valence-electron chi connectivity index (χ1n) is 11.4. The topological polar surface area (TPSA) is 88.3 Å². The van der Waals surface area contributed by atoms with Gasteiger partial charge in [0.15, 0.2) is 11.6 Å². The fraction of sp³-hybridized carbons (Fsp3) is 0.385. The maximum absolute atomic E-state index is 14.2. The molecular weight excluding hydrogens is 454 g/mol. The summed E-state index contributed by atoms with van der Waals surface area (Å²) in [5.74, 6) is -1.59. The molecule has 35 heavy (non-hydrogen) atoms. The molecule has 1 aromatic heterocycles. The molecule has 2 heterocycles. The highest BCUT2D eigenvalue weighted by Crippen LogP contribution is 2.31. The SMILES string of the molecule is CC(C)(C)OC(=O)N1CCC(Cc2cnc3ccc(Oc4c(F)ccc(F)c4C#N)cc3n2)CC1. The Kier molecular flexibility index (Phi) is 6.83. The molecule has 1 aliphatic rings. The van der Waals surface area contributed by atoms with E-state index in [0.717, 1.165) is 30.7 Å². The molecular formula is C26H26F2N4O3. The van der Waals surface area contributed by atoms with Gasteiger partial charge in [-0.2, -0.15) is 5.26 Å². The lowest BCUT2D eigenvalue weighted by Crippen LogP contribution is -2.42. The van der Waals surface area contributed by atoms with E-state index in [4.69, 9.17) is 9.47 Å². The Morgan fingerprint density at radius 3 is 2.54 bits per heavy atom. The number of aromatic nitrogens is 2. The van der Waals surface area contributed by atoms with Gasteiger partial charge in [-0.15, -0.1) is 0 Å². The molecule has 7 nitrogen and oxygen atoms in total. The molecule has 4 rings (SSSR count). The first-order chi connectivity index (χ1) is 16.6. The Morgan fingerprint density at radius 2 is 1.86 bits per heavy atom. The second-order valence-electron chi connectivity index (χ2n) is 9.57. The highest BCUT2D eigenvalue weighted by Gasteiger charge is 2.27. The van der Waals surface area contributed by atoms with Gasteiger partial charge in [0.2, 0.25) is 0 Å². The van der Waals surface area contributed by atoms with Gasteiger partial charge in [-0.3, -0.25) is 4.98 Å². The molecule has 9 heteroatoms. The molecule has 0 bridgehead atoms. The lowest BCUT2D eigenvalue weighted by atomic mass is 9.92. The van der Waals surface area contributed by atoms with Gasteiger partial charge in [0.05, 0.1) is 16.7 Å². The lowest BCUT2D eigenvalue weighted by Gasteiger charge is -2.33. The number of halogens is 2. The standard InChI is InChI=1S/C26H26F2N4O3/c1-26(2,3)35-25(33)32-10-8-16(9-11-32)12-17-15-30-22-7-4-18(13-23(22)31-17)34-24-19(14-29)20(27)5-6-21(24)28/h4-7,13,15-16H,8-12H2,1-3H3. The van der Waals surface area contributed by atoms with Crippen molar-refractivity contribution in [2.24, 2.45) is 5.92 Å². The predicted molar refractivity (Wildman–Crippen MR) is 125 cm³/mol. The molecule has 0 aliphatic carbocycles. The second-order valence-corrected chi connectivity index (χ2v) is 9.57. The van der Waals surface area contributed by atoms with Gasteiger partial charge in [-0.05, 0) is 70.2 Å². The van der Waals surface area contributed by atoms with Crippen molar-refractivity contribution in [2.45, 2.75) is 45.6 Å². The number of nitrogens with zero attached hydrogens (tertiary/aromatic N) is 4. The molecule has 2 aromatic carbocycles. The van der Waals surface area contributed by atoms with Crippen molar-refractivity contribution in [2.75, 3.05) is 13.1 Å². The lowest BCUT2D eigenvalue weighted by molar-refractivity contribution is 0.0184. The summed E-state index contributed by atoms with van der Waals surface area (Å²) >= 11 is 0. The van der Waals surface area contributed by atoms with Crippen molar-refractivity contribution in [3.63, 3.8) is 0 Å². The van der Waals surface area contributed by atoms with Crippen molar-refractivity contribution in [1.82, 2.24) is 14.9 Å². The Hall–Kier alpha value is -3.80. The molecule has 0 atom stereocenters. The number of hydrogen-bond acceptors (Lipinski definition) is 6. The van der Waals surface area contributed by atoms with Crippen LogP contribution in [-0.2, 0) is 11.2 Å². The van der Waals surface area contributed by atoms with Crippen LogP contribution in [0, 0.1) is 28.9 Å². The van der Waals surface area contributed by atoms with Crippen molar-refractivity contribution in [3.8, 4) is 17.6 Å². The van der Waals surface area contributed by atoms with E-state index in [-0.39, 0.29) is 11.8 Å². The number of hydrogen-bond donors (Lipinski definition) is 0. The number of rotatable bonds is 4. The van der Waals surface area contributed by atoms with E-state index in [1.807, 2.05) is 20.8 Å². The van der Waals surface area contributed by atoms with Crippen molar-refractivity contribution < 1.29 is 23.0 Å². The van der Waals surface area contributed by atoms with E-state index in [0.29, 0.717) is 36.5 Å². The highest BCUT2D eigenvalue weighted by atomic mass is 19.1. The number of likely N-dealkylation sites (tertiary alicyclic amines) is 1. The van der Waals surface area contributed by atoms with Gasteiger partial charge < -0.3 is 14.4 Å². The van der Waals surface area contributed by atoms with Gasteiger partial charge in [-0.25, -0.2) is 18.6 Å². The summed E-state index contributed by atoms with van der Waals surface area (Å²) in [6.45, 7) is 6.80. The molecule has 0 N–H and O–H groups in total. The van der Waals surface area contributed by atoms with Crippen LogP contribution < -0.4 is 4.74 Å². The largest absolute Gasteiger partial charge is 0.453 e. The van der Waals surface area contributed by atoms with E-state index in [2.05, 4.69) is 9.97 Å². The van der Waals surface area contributed by atoms with Gasteiger partial charge in [0.25, 0.3) is 0 Å². The normalized spacial score (nSPS) is 14.6. The van der Waals surface area contributed by atoms with E-state index in [1.165, 1.54) is 0 Å². The minimum absolute atomic E-state index is 0.218. The maximum atomic E-state index is 14.2. The van der Waals surface area contributed by atoms with Crippen LogP contribution in [0.2, 0.25) is 0 Å². The summed E-state index contributed by atoms with van der Waals surface area (Å²) in [7, 11) is 0. The van der Waals surface area contributed by atoms with Crippen LogP contribution in [0.25, 0.3) is 11.0 Å². The number of carbonyl (C=O) groups excluding carboxylic acids is 1. The van der Waals surface area contributed by atoms with Gasteiger partial charge >= 0.3 is 6.09 Å². The summed E-state index contributed by atoms with van der Waals surface area (Å²) in [5, 5.41) is 9.17. The van der Waals surface area contributed by atoms with Crippen LogP contribution >= 0.6 is 0 Å². The third-order valence-electron chi connectivity index (χ3n) is 5.72. The zero-order valence-electron chi connectivity index (χ0n) is 19.8. The molecule has 0 spiro atoms. The highest BCUT2D eigenvalue weighted by molar-refractivity contribution is 5.76. The molecule has 0 saturated carbocycles. The van der Waals surface area contributed by atoms with Crippen LogP contribution in [0.15, 0.2) is 36.5 Å². The van der Waals surface area contributed by atoms with Crippen molar-refractivity contribution in [3.05, 3.63) is 59.4 Å². The molecule has 1 aliphatic heterocycles. The third-order valence-corrected chi connectivity index (χ3v) is 5.72. The minimum atomic E-state index is -0.857. The van der Waals surface area contributed by atoms with Gasteiger partial charge in [0, 0.05) is 25.4 Å². The predicted octanol–water partition coefficient (Wildman–Crippen LogP) is 5.76. The van der Waals surface area contributed by atoms with Crippen LogP contribution in [0.5, 0.6) is 11.5 Å². The average Bonchev–Trinajstić information content (AvgIpc) is 2.81. The Labute approximate surface area is 202 Å². The van der Waals surface area contributed by atoms with Crippen LogP contribution in [0.4, 0.5) is 13.6 Å². The molecule has 1 saturated heterocycles. The number of carbonyl (C=O) groups is 1. The van der Waals surface area contributed by atoms with E-state index in [9.17, 15) is 18.8 Å². The average molecular weight is 481 g/mol. The summed E-state index contributed by atoms with van der Waals surface area (Å²) in [5.41, 5.74) is 0.943. The number of nitriles is 1. The molecule has 182 valence electrons. The summed E-state index contributed by atoms with van der Waals surface area (Å²) in [4.78, 5) is 23.1. The van der Waals surface area contributed by atoms with Crippen molar-refractivity contribution >= 4 is 17.1 Å². The Balaban J connectivity index is 1.45. The van der Waals surface area contributed by atoms with Gasteiger partial charge in [0.1, 0.15) is 28.8 Å². The molecule has 1 amide bonds. The molecule has 0 radical (unpaired) electrons. The Bertz CT molecular complexity index is 1290. The van der Waals surface area contributed by atoms with E-state index >= 15 is 0 Å². The number of piperidine rings is 1. The van der Waals surface area contributed by atoms with Crippen LogP contribution in [0.3, 0.4) is 0 Å². The number of amides is 1. The fourth-order valence-electron chi connectivity index (χ4n) is 3.99. The first kappa shape index (κ1) is 24.3. The van der Waals surface area contributed by atoms with Gasteiger partial charge in [-0.1, -0.05) is 0 Å². The smallest absolute Gasteiger partial charge is 0.410 e. The maximum Gasteiger partial charge on any atom is 0.410 e. The summed E-state index contributed by atoms with van der Waals surface area (Å²) < 4.78 is 39.1. The number of fused-ring (bicyclic) bond motifs is 1. The zero-order chi connectivity index (χ0) is 25.2. The molecule has 1 fully saturated rings. The fourth-order valence-corrected chi connectivity index (χ4v) is 3.99. The van der Waals surface area contributed by atoms with Crippen LogP contribution in [0.1, 0.15) is 44.9 Å². The second kappa shape index (κ2) is 9.82. The monoisotopic (exact) mass is 480 g/mol. The first-order valence-corrected chi connectivity index (χ1v) is 11.4. The van der Waals surface area contributed by atoms with Crippen LogP contribution in [-0.4, -0.2) is 39.7 Å². The number of benzene rings is 2. The van der Waals surface area contributed by atoms with E-state index < -0.39 is 28.5 Å². The summed E-state index contributed by atoms with van der Waals surface area (Å²) in [6.07, 6.45) is 3.80. The number of ether oxygens (including phenoxy) is 2. The minimum Gasteiger partial charge on any atom is -0.453 e. The molecule has 0 unspecified atom stereocenters. The molecule has 3 aromatic rings.